The van der Waals surface area contributed by atoms with Gasteiger partial charge >= 0.3 is 0 Å². The van der Waals surface area contributed by atoms with Gasteiger partial charge < -0.3 is 15.5 Å². The lowest BCUT2D eigenvalue weighted by Gasteiger charge is -2.21. The zero-order valence-electron chi connectivity index (χ0n) is 14.2. The summed E-state index contributed by atoms with van der Waals surface area (Å²) in [5.74, 6) is 0.00476. The van der Waals surface area contributed by atoms with E-state index < -0.39 is 0 Å². The highest BCUT2D eigenvalue weighted by atomic mass is 79.9. The molecule has 24 heavy (non-hydrogen) atoms. The Morgan fingerprint density at radius 3 is 2.33 bits per heavy atom. The summed E-state index contributed by atoms with van der Waals surface area (Å²) in [5.41, 5.74) is 3.00. The Balaban J connectivity index is 1.81. The number of benzene rings is 2. The molecule has 0 aromatic heterocycles. The molecule has 2 aromatic rings. The summed E-state index contributed by atoms with van der Waals surface area (Å²) in [4.78, 5) is 14.3. The molecule has 0 atom stereocenters. The van der Waals surface area contributed by atoms with Crippen LogP contribution in [0.25, 0.3) is 0 Å². The van der Waals surface area contributed by atoms with E-state index in [2.05, 4.69) is 45.3 Å². The van der Waals surface area contributed by atoms with Gasteiger partial charge in [0.2, 0.25) is 5.91 Å². The van der Waals surface area contributed by atoms with Crippen molar-refractivity contribution < 1.29 is 4.79 Å². The summed E-state index contributed by atoms with van der Waals surface area (Å²) in [7, 11) is 0. The maximum atomic E-state index is 12.0. The maximum absolute atomic E-state index is 12.0. The van der Waals surface area contributed by atoms with Gasteiger partial charge in [-0.25, -0.2) is 0 Å². The van der Waals surface area contributed by atoms with Crippen LogP contribution in [-0.2, 0) is 4.79 Å². The first-order valence-electron chi connectivity index (χ1n) is 8.27. The molecule has 5 heteroatoms. The van der Waals surface area contributed by atoms with Gasteiger partial charge in [0.25, 0.3) is 0 Å². The van der Waals surface area contributed by atoms with Gasteiger partial charge in [0.15, 0.2) is 0 Å². The molecule has 0 aliphatic heterocycles. The summed E-state index contributed by atoms with van der Waals surface area (Å²) < 4.78 is 0.998. The third-order valence-corrected chi connectivity index (χ3v) is 4.51. The molecule has 4 nitrogen and oxygen atoms in total. The quantitative estimate of drug-likeness (QED) is 0.685. The molecule has 0 saturated heterocycles. The van der Waals surface area contributed by atoms with Crippen molar-refractivity contribution in [3.05, 3.63) is 53.0 Å². The van der Waals surface area contributed by atoms with Gasteiger partial charge in [-0.3, -0.25) is 4.79 Å². The highest BCUT2D eigenvalue weighted by Crippen LogP contribution is 2.21. The second-order valence-corrected chi connectivity index (χ2v) is 6.28. The fraction of sp³-hybridized carbons (Fsp3) is 0.316. The van der Waals surface area contributed by atoms with Crippen LogP contribution in [0.5, 0.6) is 0 Å². The van der Waals surface area contributed by atoms with Gasteiger partial charge in [0, 0.05) is 47.6 Å². The van der Waals surface area contributed by atoms with Crippen molar-refractivity contribution in [3.8, 4) is 0 Å². The van der Waals surface area contributed by atoms with E-state index in [0.29, 0.717) is 13.0 Å². The van der Waals surface area contributed by atoms with Crippen LogP contribution in [0.3, 0.4) is 0 Å². The molecule has 0 aliphatic carbocycles. The number of halogens is 1. The Kier molecular flexibility index (Phi) is 7.12. The zero-order chi connectivity index (χ0) is 17.4. The van der Waals surface area contributed by atoms with Crippen molar-refractivity contribution in [2.75, 3.05) is 35.2 Å². The minimum atomic E-state index is 0.00476. The second-order valence-electron chi connectivity index (χ2n) is 5.42. The lowest BCUT2D eigenvalue weighted by atomic mass is 10.2. The molecule has 2 N–H and O–H groups in total. The van der Waals surface area contributed by atoms with Crippen molar-refractivity contribution in [2.45, 2.75) is 20.3 Å². The topological polar surface area (TPSA) is 44.4 Å². The van der Waals surface area contributed by atoms with Crippen LogP contribution in [0, 0.1) is 0 Å². The monoisotopic (exact) mass is 389 g/mol. The van der Waals surface area contributed by atoms with Crippen molar-refractivity contribution in [3.63, 3.8) is 0 Å². The maximum Gasteiger partial charge on any atom is 0.226 e. The Morgan fingerprint density at radius 1 is 1.04 bits per heavy atom. The molecular weight excluding hydrogens is 366 g/mol. The van der Waals surface area contributed by atoms with E-state index in [-0.39, 0.29) is 5.91 Å². The summed E-state index contributed by atoms with van der Waals surface area (Å²) in [6, 6.07) is 15.9. The van der Waals surface area contributed by atoms with E-state index >= 15 is 0 Å². The van der Waals surface area contributed by atoms with Crippen LogP contribution < -0.4 is 15.5 Å². The van der Waals surface area contributed by atoms with Crippen LogP contribution in [0.1, 0.15) is 20.3 Å². The molecule has 0 bridgehead atoms. The molecular formula is C19H24BrN3O. The fourth-order valence-electron chi connectivity index (χ4n) is 2.48. The van der Waals surface area contributed by atoms with Gasteiger partial charge in [0.1, 0.15) is 0 Å². The van der Waals surface area contributed by atoms with Crippen LogP contribution >= 0.6 is 15.9 Å². The van der Waals surface area contributed by atoms with Gasteiger partial charge in [0.05, 0.1) is 0 Å². The van der Waals surface area contributed by atoms with Gasteiger partial charge in [-0.05, 0) is 66.2 Å². The molecule has 128 valence electrons. The number of nitrogens with zero attached hydrogens (tertiary/aromatic N) is 1. The fourth-order valence-corrected chi connectivity index (χ4v) is 2.91. The van der Waals surface area contributed by atoms with Gasteiger partial charge in [-0.15, -0.1) is 0 Å². The average molecular weight is 390 g/mol. The number of para-hydroxylation sites is 1. The normalized spacial score (nSPS) is 10.3. The summed E-state index contributed by atoms with van der Waals surface area (Å²) in [5, 5.41) is 6.19. The SMILES string of the molecule is CCN(CC)c1ccc(NC(=O)CCNc2ccccc2Br)cc1. The predicted octanol–water partition coefficient (Wildman–Crippen LogP) is 4.74. The summed E-state index contributed by atoms with van der Waals surface area (Å²) in [6.07, 6.45) is 0.416. The molecule has 1 amide bonds. The van der Waals surface area contributed by atoms with Gasteiger partial charge in [-0.1, -0.05) is 12.1 Å². The Labute approximate surface area is 152 Å². The van der Waals surface area contributed by atoms with Crippen LogP contribution in [-0.4, -0.2) is 25.5 Å². The van der Waals surface area contributed by atoms with Crippen molar-refractivity contribution >= 4 is 38.9 Å². The smallest absolute Gasteiger partial charge is 0.226 e. The molecule has 0 saturated carbocycles. The van der Waals surface area contributed by atoms with E-state index in [1.165, 1.54) is 5.69 Å². The predicted molar refractivity (Wildman–Crippen MR) is 106 cm³/mol. The number of rotatable bonds is 8. The van der Waals surface area contributed by atoms with Crippen molar-refractivity contribution in [1.82, 2.24) is 0 Å². The molecule has 0 unspecified atom stereocenters. The van der Waals surface area contributed by atoms with Crippen molar-refractivity contribution in [2.24, 2.45) is 0 Å². The first kappa shape index (κ1) is 18.3. The lowest BCUT2D eigenvalue weighted by Crippen LogP contribution is -2.21. The third kappa shape index (κ3) is 5.27. The van der Waals surface area contributed by atoms with Gasteiger partial charge in [-0.2, -0.15) is 0 Å². The molecule has 0 aliphatic rings. The van der Waals surface area contributed by atoms with E-state index in [0.717, 1.165) is 28.9 Å². The Bertz CT molecular complexity index is 654. The largest absolute Gasteiger partial charge is 0.384 e. The lowest BCUT2D eigenvalue weighted by molar-refractivity contribution is -0.115. The highest BCUT2D eigenvalue weighted by Gasteiger charge is 2.05. The van der Waals surface area contributed by atoms with Crippen LogP contribution in [0.15, 0.2) is 53.0 Å². The molecule has 2 rings (SSSR count). The third-order valence-electron chi connectivity index (χ3n) is 3.82. The number of anilines is 3. The Morgan fingerprint density at radius 2 is 1.71 bits per heavy atom. The van der Waals surface area contributed by atoms with E-state index in [9.17, 15) is 4.79 Å². The minimum Gasteiger partial charge on any atom is -0.384 e. The minimum absolute atomic E-state index is 0.00476. The number of nitrogens with one attached hydrogen (secondary N) is 2. The molecule has 0 fully saturated rings. The summed E-state index contributed by atoms with van der Waals surface area (Å²) in [6.45, 7) is 6.81. The number of hydrogen-bond acceptors (Lipinski definition) is 3. The standard InChI is InChI=1S/C19H24BrN3O/c1-3-23(4-2)16-11-9-15(10-12-16)22-19(24)13-14-21-18-8-6-5-7-17(18)20/h5-12,21H,3-4,13-14H2,1-2H3,(H,22,24). The van der Waals surface area contributed by atoms with Crippen LogP contribution in [0.2, 0.25) is 0 Å². The molecule has 2 aromatic carbocycles. The number of amides is 1. The highest BCUT2D eigenvalue weighted by molar-refractivity contribution is 9.10. The first-order chi connectivity index (χ1) is 11.6. The van der Waals surface area contributed by atoms with E-state index in [1.54, 1.807) is 0 Å². The number of carbonyl (C=O) groups is 1. The average Bonchev–Trinajstić information content (AvgIpc) is 2.59. The number of hydrogen-bond donors (Lipinski definition) is 2. The van der Waals surface area contributed by atoms with E-state index in [1.807, 2.05) is 48.5 Å². The number of carbonyl (C=O) groups excluding carboxylic acids is 1. The molecule has 0 spiro atoms. The molecule has 0 heterocycles. The Hall–Kier alpha value is -2.01. The zero-order valence-corrected chi connectivity index (χ0v) is 15.8. The first-order valence-corrected chi connectivity index (χ1v) is 9.06. The molecule has 0 radical (unpaired) electrons. The van der Waals surface area contributed by atoms with Crippen LogP contribution in [0.4, 0.5) is 17.1 Å². The van der Waals surface area contributed by atoms with Crippen molar-refractivity contribution in [1.29, 1.82) is 0 Å². The second kappa shape index (κ2) is 9.33. The van der Waals surface area contributed by atoms with E-state index in [4.69, 9.17) is 0 Å². The summed E-state index contributed by atoms with van der Waals surface area (Å²) >= 11 is 3.48.